The Morgan fingerprint density at radius 1 is 1.20 bits per heavy atom. The van der Waals surface area contributed by atoms with Crippen molar-refractivity contribution in [1.82, 2.24) is 4.90 Å². The molecular weight excluding hydrogens is 374 g/mol. The van der Waals surface area contributed by atoms with E-state index in [9.17, 15) is 9.90 Å². The molecule has 2 aromatic carbocycles. The van der Waals surface area contributed by atoms with Gasteiger partial charge in [0.25, 0.3) is 0 Å². The van der Waals surface area contributed by atoms with Crippen molar-refractivity contribution >= 4 is 5.97 Å². The van der Waals surface area contributed by atoms with Crippen LogP contribution in [0.3, 0.4) is 0 Å². The van der Waals surface area contributed by atoms with Crippen LogP contribution in [0, 0.1) is 0 Å². The molecule has 4 rings (SSSR count). The van der Waals surface area contributed by atoms with Gasteiger partial charge in [-0.05, 0) is 68.0 Å². The van der Waals surface area contributed by atoms with E-state index in [0.29, 0.717) is 6.61 Å². The number of hydrogen-bond donors (Lipinski definition) is 1. The van der Waals surface area contributed by atoms with Gasteiger partial charge in [-0.25, -0.2) is 4.79 Å². The van der Waals surface area contributed by atoms with Crippen molar-refractivity contribution in [2.24, 2.45) is 0 Å². The minimum Gasteiger partial charge on any atom is -0.508 e. The van der Waals surface area contributed by atoms with Gasteiger partial charge in [-0.15, -0.1) is 0 Å². The van der Waals surface area contributed by atoms with Gasteiger partial charge in [-0.1, -0.05) is 48.9 Å². The van der Waals surface area contributed by atoms with Gasteiger partial charge >= 0.3 is 5.97 Å². The van der Waals surface area contributed by atoms with Crippen molar-refractivity contribution in [2.45, 2.75) is 50.5 Å². The summed E-state index contributed by atoms with van der Waals surface area (Å²) >= 11 is 0. The van der Waals surface area contributed by atoms with Crippen LogP contribution < -0.4 is 0 Å². The molecule has 2 bridgehead atoms. The van der Waals surface area contributed by atoms with Crippen LogP contribution in [-0.4, -0.2) is 41.7 Å². The number of nitrogens with zero attached hydrogens (tertiary/aromatic N) is 1. The predicted molar refractivity (Wildman–Crippen MR) is 118 cm³/mol. The Hall–Kier alpha value is -2.59. The number of phenolic OH excluding ortho intramolecular Hbond substituents is 1. The first kappa shape index (κ1) is 20.7. The van der Waals surface area contributed by atoms with Crippen molar-refractivity contribution in [3.8, 4) is 5.75 Å². The van der Waals surface area contributed by atoms with Gasteiger partial charge in [0.1, 0.15) is 5.75 Å². The Morgan fingerprint density at radius 2 is 2.03 bits per heavy atom. The summed E-state index contributed by atoms with van der Waals surface area (Å²) < 4.78 is 5.30. The minimum absolute atomic E-state index is 0.197. The fraction of sp³-hybridized carbons (Fsp3) is 0.423. The maximum atomic E-state index is 12.5. The van der Waals surface area contributed by atoms with Gasteiger partial charge in [0, 0.05) is 24.1 Å². The third kappa shape index (κ3) is 4.15. The summed E-state index contributed by atoms with van der Waals surface area (Å²) in [6, 6.07) is 18.4. The highest BCUT2D eigenvalue weighted by Gasteiger charge is 2.48. The van der Waals surface area contributed by atoms with Crippen LogP contribution in [0.15, 0.2) is 66.2 Å². The molecule has 0 amide bonds. The monoisotopic (exact) mass is 405 g/mol. The number of rotatable bonds is 6. The lowest BCUT2D eigenvalue weighted by molar-refractivity contribution is -0.137. The number of piperidine rings is 1. The highest BCUT2D eigenvalue weighted by atomic mass is 16.5. The molecule has 4 nitrogen and oxygen atoms in total. The van der Waals surface area contributed by atoms with Crippen LogP contribution in [0.1, 0.15) is 43.7 Å². The molecule has 2 atom stereocenters. The summed E-state index contributed by atoms with van der Waals surface area (Å²) in [6.45, 7) is 4.19. The molecule has 1 aliphatic carbocycles. The van der Waals surface area contributed by atoms with Gasteiger partial charge in [-0.2, -0.15) is 0 Å². The minimum atomic E-state index is -0.256. The van der Waals surface area contributed by atoms with Crippen molar-refractivity contribution < 1.29 is 14.6 Å². The molecule has 2 fully saturated rings. The number of carbonyl (C=O) groups excluding carboxylic acids is 1. The zero-order valence-electron chi connectivity index (χ0n) is 17.7. The Balaban J connectivity index is 1.66. The standard InChI is InChI=1S/C26H31NO3/c1-2-30-25(29)19-23-24-12-7-14-26(23,21-10-6-11-22(28)18-21)15-17-27(24)16-13-20-8-4-3-5-9-20/h3-6,8-11,18-19,24,28H,2,7,12-17H2,1H3/b23-19+/t24-,26-/m0/s1. The molecule has 1 saturated carbocycles. The van der Waals surface area contributed by atoms with E-state index in [0.717, 1.165) is 56.3 Å². The van der Waals surface area contributed by atoms with E-state index in [1.807, 2.05) is 19.1 Å². The first-order chi connectivity index (χ1) is 14.6. The molecule has 1 aliphatic heterocycles. The first-order valence-electron chi connectivity index (χ1n) is 11.1. The SMILES string of the molecule is CCOC(=O)/C=C1\[C@@H]2CCC[C@@]1(c1cccc(O)c1)CCN2CCc1ccccc1. The smallest absolute Gasteiger partial charge is 0.330 e. The number of ether oxygens (including phenoxy) is 1. The highest BCUT2D eigenvalue weighted by molar-refractivity contribution is 5.84. The molecule has 2 aromatic rings. The number of fused-ring (bicyclic) bond motifs is 2. The second kappa shape index (κ2) is 9.05. The van der Waals surface area contributed by atoms with E-state index in [4.69, 9.17) is 4.74 Å². The van der Waals surface area contributed by atoms with Crippen LogP contribution in [0.5, 0.6) is 5.75 Å². The van der Waals surface area contributed by atoms with E-state index >= 15 is 0 Å². The number of aromatic hydroxyl groups is 1. The Labute approximate surface area is 179 Å². The molecule has 0 unspecified atom stereocenters. The van der Waals surface area contributed by atoms with Gasteiger partial charge in [0.15, 0.2) is 0 Å². The van der Waals surface area contributed by atoms with Gasteiger partial charge in [0.05, 0.1) is 6.61 Å². The van der Waals surface area contributed by atoms with E-state index < -0.39 is 0 Å². The first-order valence-corrected chi connectivity index (χ1v) is 11.1. The van der Waals surface area contributed by atoms with Gasteiger partial charge in [-0.3, -0.25) is 4.90 Å². The summed E-state index contributed by atoms with van der Waals surface area (Å²) in [6.07, 6.45) is 6.88. The number of esters is 1. The topological polar surface area (TPSA) is 49.8 Å². The van der Waals surface area contributed by atoms with Gasteiger partial charge < -0.3 is 9.84 Å². The molecule has 1 heterocycles. The molecule has 158 valence electrons. The molecule has 1 saturated heterocycles. The van der Waals surface area contributed by atoms with Gasteiger partial charge in [0.2, 0.25) is 0 Å². The summed E-state index contributed by atoms with van der Waals surface area (Å²) in [5.74, 6) is 0.0276. The molecule has 0 spiro atoms. The summed E-state index contributed by atoms with van der Waals surface area (Å²) in [7, 11) is 0. The normalized spacial score (nSPS) is 25.2. The van der Waals surface area contributed by atoms with Crippen LogP contribution in [0.4, 0.5) is 0 Å². The lowest BCUT2D eigenvalue weighted by Crippen LogP contribution is -2.54. The molecule has 30 heavy (non-hydrogen) atoms. The maximum Gasteiger partial charge on any atom is 0.330 e. The van der Waals surface area contributed by atoms with Crippen LogP contribution in [0.2, 0.25) is 0 Å². The lowest BCUT2D eigenvalue weighted by atomic mass is 9.60. The third-order valence-electron chi connectivity index (χ3n) is 6.75. The fourth-order valence-corrected chi connectivity index (χ4v) is 5.34. The number of benzene rings is 2. The van der Waals surface area contributed by atoms with E-state index in [2.05, 4.69) is 41.3 Å². The molecule has 4 heteroatoms. The van der Waals surface area contributed by atoms with Crippen molar-refractivity contribution in [3.63, 3.8) is 0 Å². The highest BCUT2D eigenvalue weighted by Crippen LogP contribution is 2.51. The number of hydrogen-bond acceptors (Lipinski definition) is 4. The largest absolute Gasteiger partial charge is 0.508 e. The Kier molecular flexibility index (Phi) is 6.24. The number of likely N-dealkylation sites (tertiary alicyclic amines) is 1. The lowest BCUT2D eigenvalue weighted by Gasteiger charge is -2.53. The molecule has 2 aliphatic rings. The summed E-state index contributed by atoms with van der Waals surface area (Å²) in [5.41, 5.74) is 3.43. The van der Waals surface area contributed by atoms with E-state index in [1.165, 1.54) is 5.56 Å². The molecule has 0 aromatic heterocycles. The van der Waals surface area contributed by atoms with Crippen molar-refractivity contribution in [3.05, 3.63) is 77.4 Å². The zero-order chi connectivity index (χ0) is 21.0. The second-order valence-corrected chi connectivity index (χ2v) is 8.41. The van der Waals surface area contributed by atoms with Crippen molar-refractivity contribution in [2.75, 3.05) is 19.7 Å². The quantitative estimate of drug-likeness (QED) is 0.563. The third-order valence-corrected chi connectivity index (χ3v) is 6.75. The average Bonchev–Trinajstić information content (AvgIpc) is 2.74. The van der Waals surface area contributed by atoms with Crippen LogP contribution in [-0.2, 0) is 21.4 Å². The number of carbonyl (C=O) groups is 1. The Morgan fingerprint density at radius 3 is 2.80 bits per heavy atom. The molecule has 0 radical (unpaired) electrons. The number of phenols is 1. The van der Waals surface area contributed by atoms with Crippen molar-refractivity contribution in [1.29, 1.82) is 0 Å². The fourth-order valence-electron chi connectivity index (χ4n) is 5.34. The predicted octanol–water partition coefficient (Wildman–Crippen LogP) is 4.62. The average molecular weight is 406 g/mol. The zero-order valence-corrected chi connectivity index (χ0v) is 17.7. The molecule has 1 N–H and O–H groups in total. The second-order valence-electron chi connectivity index (χ2n) is 8.41. The molecular formula is C26H31NO3. The Bertz CT molecular complexity index is 908. The maximum absolute atomic E-state index is 12.5. The van der Waals surface area contributed by atoms with Crippen LogP contribution in [0.25, 0.3) is 0 Å². The summed E-state index contributed by atoms with van der Waals surface area (Å²) in [4.78, 5) is 15.0. The van der Waals surface area contributed by atoms with Crippen LogP contribution >= 0.6 is 0 Å². The summed E-state index contributed by atoms with van der Waals surface area (Å²) in [5, 5.41) is 10.1. The van der Waals surface area contributed by atoms with E-state index in [1.54, 1.807) is 12.1 Å². The van der Waals surface area contributed by atoms with E-state index in [-0.39, 0.29) is 23.2 Å².